The Morgan fingerprint density at radius 1 is 1.27 bits per heavy atom. The number of aryl methyl sites for hydroxylation is 2. The number of hydrogen-bond acceptors (Lipinski definition) is 6. The number of benzene rings is 1. The van der Waals surface area contributed by atoms with Gasteiger partial charge in [-0.25, -0.2) is 4.98 Å². The first-order valence-electron chi connectivity index (χ1n) is 6.95. The molecular weight excluding hydrogens is 302 g/mol. The maximum Gasteiger partial charge on any atom is 0.228 e. The third-order valence-corrected chi connectivity index (χ3v) is 4.23. The SMILES string of the molecule is CCCc1ccc(OCC(=O)c2nc(C)c(C(=O)[O-])s2)cc1. The Balaban J connectivity index is 1.97. The number of Topliss-reactive ketones (excluding diaryl/α,β-unsaturated/α-hetero) is 1. The van der Waals surface area contributed by atoms with Crippen LogP contribution in [0.15, 0.2) is 24.3 Å². The minimum Gasteiger partial charge on any atom is -0.544 e. The molecule has 6 heteroatoms. The van der Waals surface area contributed by atoms with Crippen LogP contribution in [0.25, 0.3) is 0 Å². The van der Waals surface area contributed by atoms with Crippen LogP contribution in [0.4, 0.5) is 0 Å². The monoisotopic (exact) mass is 318 g/mol. The first-order chi connectivity index (χ1) is 10.5. The number of carboxylic acid groups (broad SMARTS) is 1. The molecule has 2 rings (SSSR count). The second-order valence-corrected chi connectivity index (χ2v) is 5.83. The van der Waals surface area contributed by atoms with Crippen molar-refractivity contribution in [3.05, 3.63) is 45.4 Å². The molecule has 0 aliphatic rings. The Labute approximate surface area is 132 Å². The van der Waals surface area contributed by atoms with Gasteiger partial charge in [0.15, 0.2) is 11.6 Å². The number of carbonyl (C=O) groups excluding carboxylic acids is 2. The highest BCUT2D eigenvalue weighted by atomic mass is 32.1. The summed E-state index contributed by atoms with van der Waals surface area (Å²) in [7, 11) is 0. The van der Waals surface area contributed by atoms with Crippen LogP contribution in [0.5, 0.6) is 5.75 Å². The lowest BCUT2D eigenvalue weighted by atomic mass is 10.1. The maximum absolute atomic E-state index is 12.0. The van der Waals surface area contributed by atoms with Crippen molar-refractivity contribution >= 4 is 23.1 Å². The molecule has 0 bridgehead atoms. The van der Waals surface area contributed by atoms with E-state index in [2.05, 4.69) is 11.9 Å². The lowest BCUT2D eigenvalue weighted by Crippen LogP contribution is -2.21. The van der Waals surface area contributed by atoms with E-state index in [0.717, 1.165) is 24.2 Å². The van der Waals surface area contributed by atoms with Gasteiger partial charge in [-0.05, 0) is 31.0 Å². The van der Waals surface area contributed by atoms with E-state index in [1.165, 1.54) is 12.5 Å². The van der Waals surface area contributed by atoms with Crippen LogP contribution >= 0.6 is 11.3 Å². The quantitative estimate of drug-likeness (QED) is 0.730. The van der Waals surface area contributed by atoms with Crippen molar-refractivity contribution in [2.75, 3.05) is 6.61 Å². The van der Waals surface area contributed by atoms with E-state index < -0.39 is 5.97 Å². The summed E-state index contributed by atoms with van der Waals surface area (Å²) in [5.41, 5.74) is 1.51. The zero-order valence-electron chi connectivity index (χ0n) is 12.4. The summed E-state index contributed by atoms with van der Waals surface area (Å²) in [6, 6.07) is 7.56. The number of aromatic nitrogens is 1. The molecule has 0 saturated carbocycles. The number of aromatic carboxylic acids is 1. The van der Waals surface area contributed by atoms with Crippen LogP contribution in [0, 0.1) is 6.92 Å². The molecule has 0 fully saturated rings. The first-order valence-corrected chi connectivity index (χ1v) is 7.76. The molecule has 1 aromatic carbocycles. The van der Waals surface area contributed by atoms with E-state index in [-0.39, 0.29) is 28.0 Å². The van der Waals surface area contributed by atoms with Crippen molar-refractivity contribution in [2.45, 2.75) is 26.7 Å². The molecule has 1 heterocycles. The average molecular weight is 318 g/mol. The minimum atomic E-state index is -1.32. The highest BCUT2D eigenvalue weighted by Gasteiger charge is 2.15. The molecule has 0 saturated heterocycles. The van der Waals surface area contributed by atoms with Crippen molar-refractivity contribution in [1.29, 1.82) is 0 Å². The third kappa shape index (κ3) is 3.92. The summed E-state index contributed by atoms with van der Waals surface area (Å²) in [6.45, 7) is 3.47. The lowest BCUT2D eigenvalue weighted by Gasteiger charge is -2.05. The molecule has 0 radical (unpaired) electrons. The van der Waals surface area contributed by atoms with Crippen LogP contribution in [-0.4, -0.2) is 23.3 Å². The molecule has 1 aromatic heterocycles. The number of thiazole rings is 1. The second kappa shape index (κ2) is 7.17. The van der Waals surface area contributed by atoms with Crippen LogP contribution in [-0.2, 0) is 6.42 Å². The van der Waals surface area contributed by atoms with Crippen LogP contribution < -0.4 is 9.84 Å². The number of nitrogens with zero attached hydrogens (tertiary/aromatic N) is 1. The topological polar surface area (TPSA) is 79.3 Å². The molecule has 5 nitrogen and oxygen atoms in total. The molecule has 0 spiro atoms. The van der Waals surface area contributed by atoms with E-state index >= 15 is 0 Å². The standard InChI is InChI=1S/C16H17NO4S/c1-3-4-11-5-7-12(8-6-11)21-9-13(18)15-17-10(2)14(22-15)16(19)20/h5-8H,3-4,9H2,1-2H3,(H,19,20)/p-1. The summed E-state index contributed by atoms with van der Waals surface area (Å²) in [6.07, 6.45) is 2.08. The van der Waals surface area contributed by atoms with Crippen LogP contribution in [0.2, 0.25) is 0 Å². The van der Waals surface area contributed by atoms with Gasteiger partial charge < -0.3 is 14.6 Å². The molecule has 0 aliphatic carbocycles. The zero-order valence-corrected chi connectivity index (χ0v) is 13.2. The fourth-order valence-electron chi connectivity index (χ4n) is 1.96. The van der Waals surface area contributed by atoms with E-state index in [9.17, 15) is 14.7 Å². The molecule has 0 N–H and O–H groups in total. The summed E-state index contributed by atoms with van der Waals surface area (Å²) < 4.78 is 5.42. The fraction of sp³-hybridized carbons (Fsp3) is 0.312. The third-order valence-electron chi connectivity index (χ3n) is 3.05. The van der Waals surface area contributed by atoms with Crippen LogP contribution in [0.3, 0.4) is 0 Å². The van der Waals surface area contributed by atoms with E-state index in [1.54, 1.807) is 0 Å². The van der Waals surface area contributed by atoms with Gasteiger partial charge in [-0.1, -0.05) is 25.5 Å². The summed E-state index contributed by atoms with van der Waals surface area (Å²) in [4.78, 5) is 26.8. The Kier molecular flexibility index (Phi) is 5.27. The number of ketones is 1. The van der Waals surface area contributed by atoms with Gasteiger partial charge in [0.25, 0.3) is 0 Å². The highest BCUT2D eigenvalue weighted by Crippen LogP contribution is 2.19. The first kappa shape index (κ1) is 16.2. The van der Waals surface area contributed by atoms with Crippen molar-refractivity contribution < 1.29 is 19.4 Å². The number of carboxylic acids is 1. The van der Waals surface area contributed by atoms with E-state index in [4.69, 9.17) is 4.74 Å². The maximum atomic E-state index is 12.0. The van der Waals surface area contributed by atoms with Gasteiger partial charge in [0.2, 0.25) is 5.78 Å². The Bertz CT molecular complexity index is 676. The van der Waals surface area contributed by atoms with Gasteiger partial charge in [0, 0.05) is 0 Å². The molecule has 22 heavy (non-hydrogen) atoms. The summed E-state index contributed by atoms with van der Waals surface area (Å²) in [5, 5.41) is 11.0. The molecule has 116 valence electrons. The van der Waals surface area contributed by atoms with Crippen molar-refractivity contribution in [2.24, 2.45) is 0 Å². The number of ether oxygens (including phenoxy) is 1. The van der Waals surface area contributed by atoms with Gasteiger partial charge in [0.05, 0.1) is 16.5 Å². The molecule has 0 unspecified atom stereocenters. The van der Waals surface area contributed by atoms with Crippen LogP contribution in [0.1, 0.15) is 44.1 Å². The van der Waals surface area contributed by atoms with Crippen molar-refractivity contribution in [3.63, 3.8) is 0 Å². The minimum absolute atomic E-state index is 0.0210. The van der Waals surface area contributed by atoms with Crippen molar-refractivity contribution in [1.82, 2.24) is 4.98 Å². The largest absolute Gasteiger partial charge is 0.544 e. The average Bonchev–Trinajstić information content (AvgIpc) is 2.89. The number of carbonyl (C=O) groups is 2. The smallest absolute Gasteiger partial charge is 0.228 e. The Morgan fingerprint density at radius 3 is 2.50 bits per heavy atom. The zero-order chi connectivity index (χ0) is 16.1. The van der Waals surface area contributed by atoms with E-state index in [0.29, 0.717) is 5.75 Å². The second-order valence-electron chi connectivity index (χ2n) is 4.83. The Hall–Kier alpha value is -2.21. The normalized spacial score (nSPS) is 10.5. The number of hydrogen-bond donors (Lipinski definition) is 0. The molecule has 2 aromatic rings. The molecule has 0 aliphatic heterocycles. The summed E-state index contributed by atoms with van der Waals surface area (Å²) in [5.74, 6) is -1.07. The molecule has 0 atom stereocenters. The lowest BCUT2D eigenvalue weighted by molar-refractivity contribution is -0.254. The van der Waals surface area contributed by atoms with Crippen molar-refractivity contribution in [3.8, 4) is 5.75 Å². The molecular formula is C16H16NO4S-. The van der Waals surface area contributed by atoms with E-state index in [1.807, 2.05) is 24.3 Å². The van der Waals surface area contributed by atoms with Gasteiger partial charge in [-0.15, -0.1) is 11.3 Å². The summed E-state index contributed by atoms with van der Waals surface area (Å²) >= 11 is 0.817. The van der Waals surface area contributed by atoms with Gasteiger partial charge >= 0.3 is 0 Å². The predicted molar refractivity (Wildman–Crippen MR) is 81.4 cm³/mol. The van der Waals surface area contributed by atoms with Gasteiger partial charge in [0.1, 0.15) is 5.75 Å². The predicted octanol–water partition coefficient (Wildman–Crippen LogP) is 2.03. The number of rotatable bonds is 7. The Morgan fingerprint density at radius 2 is 1.95 bits per heavy atom. The van der Waals surface area contributed by atoms with Gasteiger partial charge in [-0.3, -0.25) is 4.79 Å². The van der Waals surface area contributed by atoms with Gasteiger partial charge in [-0.2, -0.15) is 0 Å². The molecule has 0 amide bonds. The highest BCUT2D eigenvalue weighted by molar-refractivity contribution is 7.15. The fourth-order valence-corrected chi connectivity index (χ4v) is 2.78.